The quantitative estimate of drug-likeness (QED) is 0.222. The fraction of sp³-hybridized carbons (Fsp3) is 0.921. The normalized spacial score (nSPS) is 24.6. The molecule has 1 aromatic rings. The van der Waals surface area contributed by atoms with Gasteiger partial charge in [-0.3, -0.25) is 14.7 Å². The van der Waals surface area contributed by atoms with Gasteiger partial charge in [-0.25, -0.2) is 4.98 Å². The summed E-state index contributed by atoms with van der Waals surface area (Å²) in [6, 6.07) is 1.66. The summed E-state index contributed by atoms with van der Waals surface area (Å²) >= 11 is 0. The molecule has 2 aliphatic heterocycles. The Balaban J connectivity index is 1.36. The standard InChI is InChI=1S/C38H72N8/c1-29-39-33(42-34(40-29)41-30-20-16-15-17-21-30)28-46(32-26-37(6,7)45(12)38(8,9)27-32)23-19-14-13-18-22-43(10)31-24-35(2,3)44(11)36(4,5)25-31/h30-32H,13-28H2,1-12H3,(H,39,40,41,42). The van der Waals surface area contributed by atoms with Crippen LogP contribution < -0.4 is 5.32 Å². The summed E-state index contributed by atoms with van der Waals surface area (Å²) in [5, 5.41) is 3.66. The zero-order chi connectivity index (χ0) is 33.9. The second-order valence-electron chi connectivity index (χ2n) is 18.0. The number of rotatable bonds is 13. The summed E-state index contributed by atoms with van der Waals surface area (Å²) in [6.45, 7) is 24.5. The maximum atomic E-state index is 5.00. The first-order chi connectivity index (χ1) is 21.4. The molecule has 1 aromatic heterocycles. The third-order valence-corrected chi connectivity index (χ3v) is 12.5. The molecule has 1 aliphatic carbocycles. The maximum absolute atomic E-state index is 5.00. The Morgan fingerprint density at radius 2 is 1.17 bits per heavy atom. The van der Waals surface area contributed by atoms with Gasteiger partial charge in [-0.1, -0.05) is 32.1 Å². The van der Waals surface area contributed by atoms with Gasteiger partial charge in [-0.15, -0.1) is 0 Å². The third kappa shape index (κ3) is 9.63. The summed E-state index contributed by atoms with van der Waals surface area (Å²) in [5.41, 5.74) is 0.778. The first kappa shape index (κ1) is 37.5. The average molecular weight is 641 g/mol. The summed E-state index contributed by atoms with van der Waals surface area (Å²) in [7, 11) is 6.98. The number of nitrogens with one attached hydrogen (secondary N) is 1. The molecule has 3 aliphatic rings. The van der Waals surface area contributed by atoms with Gasteiger partial charge in [0.25, 0.3) is 0 Å². The monoisotopic (exact) mass is 641 g/mol. The van der Waals surface area contributed by atoms with Crippen LogP contribution in [0.15, 0.2) is 0 Å². The van der Waals surface area contributed by atoms with Crippen molar-refractivity contribution in [3.05, 3.63) is 11.6 Å². The van der Waals surface area contributed by atoms with Crippen LogP contribution in [0.25, 0.3) is 0 Å². The molecule has 0 amide bonds. The Bertz CT molecular complexity index is 1070. The van der Waals surface area contributed by atoms with Crippen LogP contribution in [0.1, 0.15) is 151 Å². The van der Waals surface area contributed by atoms with Gasteiger partial charge in [0.2, 0.25) is 5.95 Å². The first-order valence-electron chi connectivity index (χ1n) is 18.8. The van der Waals surface area contributed by atoms with Gasteiger partial charge in [0.1, 0.15) is 11.6 Å². The average Bonchev–Trinajstić information content (AvgIpc) is 2.95. The second-order valence-corrected chi connectivity index (χ2v) is 18.0. The van der Waals surface area contributed by atoms with Gasteiger partial charge in [-0.2, -0.15) is 9.97 Å². The zero-order valence-electron chi connectivity index (χ0n) is 32.2. The number of hydrogen-bond acceptors (Lipinski definition) is 8. The number of aromatic nitrogens is 3. The fourth-order valence-corrected chi connectivity index (χ4v) is 9.09. The molecule has 1 saturated carbocycles. The summed E-state index contributed by atoms with van der Waals surface area (Å²) < 4.78 is 0. The number of aryl methyl sites for hydroxylation is 1. The van der Waals surface area contributed by atoms with Crippen LogP contribution in [-0.2, 0) is 6.54 Å². The van der Waals surface area contributed by atoms with Crippen molar-refractivity contribution in [2.45, 2.75) is 193 Å². The van der Waals surface area contributed by atoms with Gasteiger partial charge in [0.05, 0.1) is 6.54 Å². The molecule has 2 saturated heterocycles. The molecule has 8 nitrogen and oxygen atoms in total. The van der Waals surface area contributed by atoms with Gasteiger partial charge < -0.3 is 10.2 Å². The van der Waals surface area contributed by atoms with Crippen molar-refractivity contribution >= 4 is 5.95 Å². The van der Waals surface area contributed by atoms with Crippen molar-refractivity contribution in [3.8, 4) is 0 Å². The summed E-state index contributed by atoms with van der Waals surface area (Å²) in [5.74, 6) is 2.53. The molecule has 1 N–H and O–H groups in total. The van der Waals surface area contributed by atoms with Crippen molar-refractivity contribution < 1.29 is 0 Å². The van der Waals surface area contributed by atoms with E-state index in [2.05, 4.69) is 101 Å². The van der Waals surface area contributed by atoms with Crippen LogP contribution in [0, 0.1) is 6.92 Å². The molecule has 0 aromatic carbocycles. The largest absolute Gasteiger partial charge is 0.351 e. The van der Waals surface area contributed by atoms with Crippen molar-refractivity contribution in [1.82, 2.24) is 34.6 Å². The van der Waals surface area contributed by atoms with Crippen molar-refractivity contribution in [2.75, 3.05) is 39.5 Å². The Morgan fingerprint density at radius 3 is 1.72 bits per heavy atom. The van der Waals surface area contributed by atoms with E-state index in [1.807, 2.05) is 6.92 Å². The predicted octanol–water partition coefficient (Wildman–Crippen LogP) is 7.52. The number of likely N-dealkylation sites (tertiary alicyclic amines) is 2. The topological polar surface area (TPSA) is 63.7 Å². The molecule has 4 rings (SSSR count). The third-order valence-electron chi connectivity index (χ3n) is 12.5. The highest BCUT2D eigenvalue weighted by molar-refractivity contribution is 5.26. The lowest BCUT2D eigenvalue weighted by atomic mass is 9.77. The lowest BCUT2D eigenvalue weighted by Crippen LogP contribution is -2.62. The molecular formula is C38H72N8. The highest BCUT2D eigenvalue weighted by atomic mass is 15.3. The van der Waals surface area contributed by atoms with E-state index in [9.17, 15) is 0 Å². The van der Waals surface area contributed by atoms with E-state index in [0.29, 0.717) is 18.1 Å². The van der Waals surface area contributed by atoms with Crippen LogP contribution in [0.4, 0.5) is 5.95 Å². The van der Waals surface area contributed by atoms with E-state index in [1.54, 1.807) is 0 Å². The molecular weight excluding hydrogens is 568 g/mol. The van der Waals surface area contributed by atoms with E-state index in [0.717, 1.165) is 43.5 Å². The molecule has 3 fully saturated rings. The minimum absolute atomic E-state index is 0.148. The molecule has 0 unspecified atom stereocenters. The Hall–Kier alpha value is -1.35. The van der Waals surface area contributed by atoms with Gasteiger partial charge in [0, 0.05) is 40.3 Å². The molecule has 8 heteroatoms. The Labute approximate surface area is 283 Å². The number of piperidine rings is 2. The van der Waals surface area contributed by atoms with Crippen LogP contribution in [-0.4, -0.2) is 109 Å². The van der Waals surface area contributed by atoms with E-state index in [1.165, 1.54) is 77.2 Å². The van der Waals surface area contributed by atoms with E-state index in [-0.39, 0.29) is 22.2 Å². The van der Waals surface area contributed by atoms with Gasteiger partial charge in [0.15, 0.2) is 0 Å². The van der Waals surface area contributed by atoms with E-state index >= 15 is 0 Å². The number of nitrogens with zero attached hydrogens (tertiary/aromatic N) is 7. The number of anilines is 1. The number of hydrogen-bond donors (Lipinski definition) is 1. The molecule has 0 spiro atoms. The highest BCUT2D eigenvalue weighted by Gasteiger charge is 2.45. The van der Waals surface area contributed by atoms with Crippen LogP contribution in [0.2, 0.25) is 0 Å². The molecule has 46 heavy (non-hydrogen) atoms. The lowest BCUT2D eigenvalue weighted by Gasteiger charge is -2.55. The zero-order valence-corrected chi connectivity index (χ0v) is 32.2. The lowest BCUT2D eigenvalue weighted by molar-refractivity contribution is -0.0502. The SMILES string of the molecule is Cc1nc(CN(CCCCCCN(C)C2CC(C)(C)N(C)C(C)(C)C2)C2CC(C)(C)N(C)C(C)(C)C2)nc(NC2CCCCC2)n1. The summed E-state index contributed by atoms with van der Waals surface area (Å²) in [6.07, 6.45) is 16.3. The molecule has 0 atom stereocenters. The smallest absolute Gasteiger partial charge is 0.226 e. The van der Waals surface area contributed by atoms with Gasteiger partial charge in [-0.05, 0) is 148 Å². The van der Waals surface area contributed by atoms with Crippen LogP contribution in [0.5, 0.6) is 0 Å². The van der Waals surface area contributed by atoms with Crippen LogP contribution in [0.3, 0.4) is 0 Å². The van der Waals surface area contributed by atoms with Crippen molar-refractivity contribution in [3.63, 3.8) is 0 Å². The van der Waals surface area contributed by atoms with E-state index < -0.39 is 0 Å². The Kier molecular flexibility index (Phi) is 12.3. The minimum Gasteiger partial charge on any atom is -0.351 e. The number of unbranched alkanes of at least 4 members (excludes halogenated alkanes) is 3. The maximum Gasteiger partial charge on any atom is 0.226 e. The molecule has 0 radical (unpaired) electrons. The predicted molar refractivity (Wildman–Crippen MR) is 194 cm³/mol. The highest BCUT2D eigenvalue weighted by Crippen LogP contribution is 2.40. The van der Waals surface area contributed by atoms with Crippen LogP contribution >= 0.6 is 0 Å². The van der Waals surface area contributed by atoms with Crippen molar-refractivity contribution in [2.24, 2.45) is 0 Å². The van der Waals surface area contributed by atoms with Gasteiger partial charge >= 0.3 is 0 Å². The first-order valence-corrected chi connectivity index (χ1v) is 18.8. The second kappa shape index (κ2) is 15.0. The van der Waals surface area contributed by atoms with E-state index in [4.69, 9.17) is 15.0 Å². The molecule has 3 heterocycles. The fourth-order valence-electron chi connectivity index (χ4n) is 9.09. The molecule has 264 valence electrons. The summed E-state index contributed by atoms with van der Waals surface area (Å²) in [4.78, 5) is 25.2. The minimum atomic E-state index is 0.148. The molecule has 0 bridgehead atoms. The Morgan fingerprint density at radius 1 is 0.674 bits per heavy atom. The van der Waals surface area contributed by atoms with Crippen molar-refractivity contribution in [1.29, 1.82) is 0 Å².